The van der Waals surface area contributed by atoms with Crippen LogP contribution in [0.1, 0.15) is 40.0 Å². The number of methoxy groups -OCH3 is 1. The molecular weight excluding hydrogens is 326 g/mol. The molecule has 25 heavy (non-hydrogen) atoms. The number of amides is 2. The summed E-state index contributed by atoms with van der Waals surface area (Å²) in [6, 6.07) is -1.84. The Kier molecular flexibility index (Phi) is 5.55. The maximum atomic E-state index is 13.0. The van der Waals surface area contributed by atoms with E-state index in [0.717, 1.165) is 0 Å². The molecule has 0 aromatic carbocycles. The van der Waals surface area contributed by atoms with Crippen LogP contribution in [-0.2, 0) is 19.1 Å². The highest BCUT2D eigenvalue weighted by atomic mass is 16.6. The number of nitrogens with zero attached hydrogens (tertiary/aromatic N) is 3. The first-order chi connectivity index (χ1) is 11.7. The fourth-order valence-corrected chi connectivity index (χ4v) is 3.27. The van der Waals surface area contributed by atoms with E-state index < -0.39 is 35.8 Å². The SMILES string of the molecule is [C-]#[N+][C@H]1C[C@@H](C(=O)N2CCC[C@H]2C(=O)OC)N(C(=O)OC(C)(C)C)C1. The lowest BCUT2D eigenvalue weighted by Gasteiger charge is -2.31. The summed E-state index contributed by atoms with van der Waals surface area (Å²) in [5.74, 6) is -0.765. The molecule has 2 aliphatic rings. The zero-order valence-electron chi connectivity index (χ0n) is 15.2. The number of likely N-dealkylation sites (tertiary alicyclic amines) is 2. The molecule has 0 spiro atoms. The van der Waals surface area contributed by atoms with Crippen molar-refractivity contribution >= 4 is 18.0 Å². The van der Waals surface area contributed by atoms with Gasteiger partial charge in [-0.25, -0.2) is 16.2 Å². The predicted octanol–water partition coefficient (Wildman–Crippen LogP) is 1.45. The Morgan fingerprint density at radius 1 is 1.16 bits per heavy atom. The average molecular weight is 351 g/mol. The van der Waals surface area contributed by atoms with Crippen LogP contribution in [0.2, 0.25) is 0 Å². The summed E-state index contributed by atoms with van der Waals surface area (Å²) in [4.78, 5) is 43.6. The Labute approximate surface area is 147 Å². The Hall–Kier alpha value is -2.30. The minimum Gasteiger partial charge on any atom is -0.467 e. The first-order valence-electron chi connectivity index (χ1n) is 8.42. The molecule has 0 aromatic heterocycles. The van der Waals surface area contributed by atoms with Gasteiger partial charge in [0.2, 0.25) is 11.9 Å². The molecule has 0 N–H and O–H groups in total. The zero-order valence-corrected chi connectivity index (χ0v) is 15.2. The number of ether oxygens (including phenoxy) is 2. The van der Waals surface area contributed by atoms with Crippen molar-refractivity contribution in [2.24, 2.45) is 0 Å². The van der Waals surface area contributed by atoms with Gasteiger partial charge < -0.3 is 19.2 Å². The molecule has 0 saturated carbocycles. The molecule has 2 saturated heterocycles. The first kappa shape index (κ1) is 19.0. The van der Waals surface area contributed by atoms with Gasteiger partial charge in [0, 0.05) is 6.54 Å². The van der Waals surface area contributed by atoms with E-state index in [4.69, 9.17) is 16.0 Å². The average Bonchev–Trinajstić information content (AvgIpc) is 3.18. The molecular formula is C17H25N3O5. The second-order valence-corrected chi connectivity index (χ2v) is 7.38. The van der Waals surface area contributed by atoms with E-state index in [1.165, 1.54) is 16.9 Å². The molecule has 138 valence electrons. The van der Waals surface area contributed by atoms with Gasteiger partial charge in [-0.2, -0.15) is 0 Å². The van der Waals surface area contributed by atoms with E-state index in [0.29, 0.717) is 19.4 Å². The van der Waals surface area contributed by atoms with Gasteiger partial charge in [-0.1, -0.05) is 0 Å². The van der Waals surface area contributed by atoms with Gasteiger partial charge in [0.25, 0.3) is 0 Å². The van der Waals surface area contributed by atoms with Gasteiger partial charge in [0.05, 0.1) is 13.5 Å². The van der Waals surface area contributed by atoms with Crippen LogP contribution in [-0.4, -0.2) is 71.7 Å². The number of carbonyl (C=O) groups is 3. The van der Waals surface area contributed by atoms with Crippen molar-refractivity contribution < 1.29 is 23.9 Å². The summed E-state index contributed by atoms with van der Waals surface area (Å²) in [6.07, 6.45) is 0.901. The molecule has 0 aromatic rings. The number of rotatable bonds is 2. The van der Waals surface area contributed by atoms with Crippen molar-refractivity contribution in [2.75, 3.05) is 20.2 Å². The summed E-state index contributed by atoms with van der Waals surface area (Å²) >= 11 is 0. The lowest BCUT2D eigenvalue weighted by atomic mass is 10.1. The van der Waals surface area contributed by atoms with Gasteiger partial charge in [0.1, 0.15) is 24.2 Å². The lowest BCUT2D eigenvalue weighted by molar-refractivity contribution is -0.152. The summed E-state index contributed by atoms with van der Waals surface area (Å²) < 4.78 is 10.1. The van der Waals surface area contributed by atoms with Crippen molar-refractivity contribution in [1.29, 1.82) is 0 Å². The summed E-state index contributed by atoms with van der Waals surface area (Å²) in [5.41, 5.74) is -0.691. The molecule has 8 nitrogen and oxygen atoms in total. The minimum atomic E-state index is -0.779. The molecule has 3 atom stereocenters. The maximum Gasteiger partial charge on any atom is 0.411 e. The minimum absolute atomic E-state index is 0.158. The van der Waals surface area contributed by atoms with Crippen LogP contribution >= 0.6 is 0 Å². The van der Waals surface area contributed by atoms with Crippen molar-refractivity contribution in [3.8, 4) is 0 Å². The van der Waals surface area contributed by atoms with Crippen molar-refractivity contribution in [1.82, 2.24) is 9.80 Å². The maximum absolute atomic E-state index is 13.0. The van der Waals surface area contributed by atoms with E-state index >= 15 is 0 Å². The van der Waals surface area contributed by atoms with Crippen LogP contribution in [0.25, 0.3) is 4.85 Å². The van der Waals surface area contributed by atoms with Gasteiger partial charge in [0.15, 0.2) is 0 Å². The third-order valence-corrected chi connectivity index (χ3v) is 4.38. The number of carbonyl (C=O) groups excluding carboxylic acids is 3. The molecule has 0 aliphatic carbocycles. The lowest BCUT2D eigenvalue weighted by Crippen LogP contribution is -2.51. The van der Waals surface area contributed by atoms with E-state index in [2.05, 4.69) is 4.85 Å². The molecule has 2 aliphatic heterocycles. The van der Waals surface area contributed by atoms with Crippen molar-refractivity contribution in [3.05, 3.63) is 11.4 Å². The highest BCUT2D eigenvalue weighted by Gasteiger charge is 2.48. The van der Waals surface area contributed by atoms with E-state index in [1.54, 1.807) is 20.8 Å². The number of esters is 1. The third kappa shape index (κ3) is 4.21. The second kappa shape index (κ2) is 7.30. The highest BCUT2D eigenvalue weighted by Crippen LogP contribution is 2.28. The molecule has 2 amide bonds. The van der Waals surface area contributed by atoms with Crippen LogP contribution in [0.15, 0.2) is 0 Å². The number of hydrogen-bond acceptors (Lipinski definition) is 5. The topological polar surface area (TPSA) is 80.5 Å². The Balaban J connectivity index is 2.19. The van der Waals surface area contributed by atoms with Gasteiger partial charge in [-0.3, -0.25) is 9.69 Å². The first-order valence-corrected chi connectivity index (χ1v) is 8.42. The van der Waals surface area contributed by atoms with Crippen LogP contribution in [0, 0.1) is 6.57 Å². The molecule has 0 unspecified atom stereocenters. The standard InChI is InChI=1S/C17H25N3O5/c1-17(2,3)25-16(23)20-10-11(18-4)9-13(20)14(21)19-8-6-7-12(19)15(22)24-5/h11-13H,6-10H2,1-3,5H3/t11-,12-,13-/m0/s1. The summed E-state index contributed by atoms with van der Waals surface area (Å²) in [6.45, 7) is 13.1. The number of hydrogen-bond donors (Lipinski definition) is 0. The normalized spacial score (nSPS) is 26.3. The molecule has 8 heteroatoms. The third-order valence-electron chi connectivity index (χ3n) is 4.38. The van der Waals surface area contributed by atoms with Crippen molar-refractivity contribution in [2.45, 2.75) is 63.8 Å². The van der Waals surface area contributed by atoms with E-state index in [-0.39, 0.29) is 18.9 Å². The Bertz CT molecular complexity index is 592. The summed E-state index contributed by atoms with van der Waals surface area (Å²) in [7, 11) is 1.29. The molecule has 0 bridgehead atoms. The van der Waals surface area contributed by atoms with Crippen LogP contribution < -0.4 is 0 Å². The largest absolute Gasteiger partial charge is 0.467 e. The van der Waals surface area contributed by atoms with Gasteiger partial charge in [-0.15, -0.1) is 0 Å². The quantitative estimate of drug-likeness (QED) is 0.556. The zero-order chi connectivity index (χ0) is 18.8. The summed E-state index contributed by atoms with van der Waals surface area (Å²) in [5, 5.41) is 0. The van der Waals surface area contributed by atoms with Crippen LogP contribution in [0.3, 0.4) is 0 Å². The second-order valence-electron chi connectivity index (χ2n) is 7.38. The fraction of sp³-hybridized carbons (Fsp3) is 0.765. The van der Waals surface area contributed by atoms with E-state index in [1.807, 2.05) is 0 Å². The Morgan fingerprint density at radius 3 is 2.40 bits per heavy atom. The predicted molar refractivity (Wildman–Crippen MR) is 88.5 cm³/mol. The Morgan fingerprint density at radius 2 is 1.84 bits per heavy atom. The molecule has 0 radical (unpaired) electrons. The molecule has 2 fully saturated rings. The van der Waals surface area contributed by atoms with Gasteiger partial charge >= 0.3 is 12.1 Å². The monoisotopic (exact) mass is 351 g/mol. The smallest absolute Gasteiger partial charge is 0.411 e. The van der Waals surface area contributed by atoms with Crippen LogP contribution in [0.4, 0.5) is 4.79 Å². The van der Waals surface area contributed by atoms with E-state index in [9.17, 15) is 14.4 Å². The fourth-order valence-electron chi connectivity index (χ4n) is 3.27. The highest BCUT2D eigenvalue weighted by molar-refractivity contribution is 5.90. The van der Waals surface area contributed by atoms with Crippen LogP contribution in [0.5, 0.6) is 0 Å². The van der Waals surface area contributed by atoms with Crippen molar-refractivity contribution in [3.63, 3.8) is 0 Å². The van der Waals surface area contributed by atoms with Gasteiger partial charge in [-0.05, 0) is 33.6 Å². The molecule has 2 heterocycles. The molecule has 2 rings (SSSR count).